The fourth-order valence-corrected chi connectivity index (χ4v) is 3.97. The molecule has 7 nitrogen and oxygen atoms in total. The van der Waals surface area contributed by atoms with Crippen molar-refractivity contribution in [2.45, 2.75) is 19.3 Å². The SMILES string of the molecule is COC1=C(OC)C2C(=O)NC(=O)C2(CCCN(C)CCc2ccccn2)C=C1. The zero-order valence-corrected chi connectivity index (χ0v) is 16.6. The number of hydrogen-bond acceptors (Lipinski definition) is 6. The van der Waals surface area contributed by atoms with E-state index in [2.05, 4.69) is 22.2 Å². The highest BCUT2D eigenvalue weighted by atomic mass is 16.5. The number of imide groups is 1. The van der Waals surface area contributed by atoms with Gasteiger partial charge in [0.2, 0.25) is 11.8 Å². The van der Waals surface area contributed by atoms with Crippen molar-refractivity contribution in [3.63, 3.8) is 0 Å². The number of nitrogens with one attached hydrogen (secondary N) is 1. The van der Waals surface area contributed by atoms with Crippen LogP contribution in [0.1, 0.15) is 18.5 Å². The number of nitrogens with zero attached hydrogens (tertiary/aromatic N) is 2. The van der Waals surface area contributed by atoms with Crippen LogP contribution in [-0.2, 0) is 25.5 Å². The summed E-state index contributed by atoms with van der Waals surface area (Å²) >= 11 is 0. The lowest BCUT2D eigenvalue weighted by Crippen LogP contribution is -2.37. The molecule has 2 aliphatic rings. The van der Waals surface area contributed by atoms with E-state index in [0.717, 1.165) is 31.6 Å². The van der Waals surface area contributed by atoms with Crippen LogP contribution in [0.4, 0.5) is 0 Å². The minimum atomic E-state index is -0.910. The Bertz CT molecular complexity index is 790. The average molecular weight is 385 g/mol. The van der Waals surface area contributed by atoms with Crippen molar-refractivity contribution in [2.24, 2.45) is 11.3 Å². The van der Waals surface area contributed by atoms with Crippen LogP contribution < -0.4 is 5.32 Å². The predicted octanol–water partition coefficient (Wildman–Crippen LogP) is 1.67. The fourth-order valence-electron chi connectivity index (χ4n) is 3.97. The molecular formula is C21H27N3O4. The molecule has 2 unspecified atom stereocenters. The highest BCUT2D eigenvalue weighted by Crippen LogP contribution is 2.47. The van der Waals surface area contributed by atoms with Crippen LogP contribution in [-0.4, -0.2) is 56.1 Å². The molecule has 1 aliphatic carbocycles. The third-order valence-corrected chi connectivity index (χ3v) is 5.52. The lowest BCUT2D eigenvalue weighted by molar-refractivity contribution is -0.127. The van der Waals surface area contributed by atoms with E-state index in [0.29, 0.717) is 17.9 Å². The number of ether oxygens (including phenoxy) is 2. The van der Waals surface area contributed by atoms with Crippen molar-refractivity contribution < 1.29 is 19.1 Å². The first-order valence-electron chi connectivity index (χ1n) is 9.47. The summed E-state index contributed by atoms with van der Waals surface area (Å²) in [6.45, 7) is 1.70. The normalized spacial score (nSPS) is 23.8. The average Bonchev–Trinajstić information content (AvgIpc) is 2.96. The van der Waals surface area contributed by atoms with Gasteiger partial charge in [0, 0.05) is 24.9 Å². The molecule has 3 rings (SSSR count). The van der Waals surface area contributed by atoms with Gasteiger partial charge in [-0.15, -0.1) is 0 Å². The van der Waals surface area contributed by atoms with Gasteiger partial charge in [0.15, 0.2) is 11.5 Å². The predicted molar refractivity (Wildman–Crippen MR) is 104 cm³/mol. The molecule has 1 aromatic rings. The molecule has 1 aromatic heterocycles. The molecule has 2 amide bonds. The summed E-state index contributed by atoms with van der Waals surface area (Å²) < 4.78 is 10.8. The number of allylic oxidation sites excluding steroid dienone is 1. The van der Waals surface area contributed by atoms with E-state index in [-0.39, 0.29) is 11.8 Å². The third kappa shape index (κ3) is 3.80. The van der Waals surface area contributed by atoms with Crippen molar-refractivity contribution in [3.05, 3.63) is 53.8 Å². The summed E-state index contributed by atoms with van der Waals surface area (Å²) in [4.78, 5) is 31.7. The summed E-state index contributed by atoms with van der Waals surface area (Å²) in [6, 6.07) is 5.92. The highest BCUT2D eigenvalue weighted by Gasteiger charge is 2.57. The van der Waals surface area contributed by atoms with Gasteiger partial charge in [0.05, 0.1) is 19.6 Å². The first-order valence-corrected chi connectivity index (χ1v) is 9.47. The number of pyridine rings is 1. The lowest BCUT2D eigenvalue weighted by Gasteiger charge is -2.33. The Hall–Kier alpha value is -2.67. The minimum absolute atomic E-state index is 0.264. The van der Waals surface area contributed by atoms with Crippen LogP contribution >= 0.6 is 0 Å². The molecule has 2 atom stereocenters. The van der Waals surface area contributed by atoms with Gasteiger partial charge >= 0.3 is 0 Å². The van der Waals surface area contributed by atoms with Gasteiger partial charge in [0.25, 0.3) is 0 Å². The first kappa shape index (κ1) is 20.1. The van der Waals surface area contributed by atoms with Crippen LogP contribution in [0.25, 0.3) is 0 Å². The number of carbonyl (C=O) groups is 2. The van der Waals surface area contributed by atoms with E-state index < -0.39 is 11.3 Å². The standard InChI is InChI=1S/C21H27N3O4/c1-24(14-9-15-7-4-5-12-22-15)13-6-10-21-11-8-16(27-2)18(28-3)17(21)19(25)23-20(21)26/h4-5,7-8,11-12,17H,6,9-10,13-14H2,1-3H3,(H,23,25,26). The van der Waals surface area contributed by atoms with Gasteiger partial charge in [-0.05, 0) is 44.6 Å². The van der Waals surface area contributed by atoms with Crippen LogP contribution in [0.2, 0.25) is 0 Å². The number of likely N-dealkylation sites (N-methyl/N-ethyl adjacent to an activating group) is 1. The molecule has 1 saturated heterocycles. The Labute approximate surface area is 165 Å². The number of rotatable bonds is 9. The van der Waals surface area contributed by atoms with E-state index in [4.69, 9.17) is 9.47 Å². The summed E-state index contributed by atoms with van der Waals surface area (Å²) in [5, 5.41) is 2.47. The lowest BCUT2D eigenvalue weighted by atomic mass is 9.70. The summed E-state index contributed by atoms with van der Waals surface area (Å²) in [5.74, 6) is -0.370. The third-order valence-electron chi connectivity index (χ3n) is 5.52. The molecular weight excluding hydrogens is 358 g/mol. The number of carbonyl (C=O) groups excluding carboxylic acids is 2. The topological polar surface area (TPSA) is 80.8 Å². The molecule has 2 heterocycles. The Balaban J connectivity index is 1.62. The number of aromatic nitrogens is 1. The van der Waals surface area contributed by atoms with Gasteiger partial charge in [-0.3, -0.25) is 19.9 Å². The second kappa shape index (κ2) is 8.56. The Morgan fingerprint density at radius 3 is 2.71 bits per heavy atom. The van der Waals surface area contributed by atoms with Crippen LogP contribution in [0, 0.1) is 11.3 Å². The van der Waals surface area contributed by atoms with Gasteiger partial charge in [-0.25, -0.2) is 0 Å². The van der Waals surface area contributed by atoms with Crippen molar-refractivity contribution in [3.8, 4) is 0 Å². The van der Waals surface area contributed by atoms with Gasteiger partial charge < -0.3 is 14.4 Å². The molecule has 150 valence electrons. The van der Waals surface area contributed by atoms with E-state index in [1.807, 2.05) is 18.2 Å². The monoisotopic (exact) mass is 385 g/mol. The molecule has 1 aliphatic heterocycles. The highest BCUT2D eigenvalue weighted by molar-refractivity contribution is 6.10. The largest absolute Gasteiger partial charge is 0.496 e. The molecule has 0 saturated carbocycles. The molecule has 28 heavy (non-hydrogen) atoms. The van der Waals surface area contributed by atoms with Crippen LogP contribution in [0.15, 0.2) is 48.1 Å². The quantitative estimate of drug-likeness (QED) is 0.652. The van der Waals surface area contributed by atoms with Crippen LogP contribution in [0.3, 0.4) is 0 Å². The number of amides is 2. The minimum Gasteiger partial charge on any atom is -0.496 e. The van der Waals surface area contributed by atoms with E-state index in [1.165, 1.54) is 14.2 Å². The second-order valence-electron chi connectivity index (χ2n) is 7.24. The smallest absolute Gasteiger partial charge is 0.238 e. The zero-order chi connectivity index (χ0) is 20.1. The molecule has 0 bridgehead atoms. The Kier molecular flexibility index (Phi) is 6.14. The summed E-state index contributed by atoms with van der Waals surface area (Å²) in [6.07, 6.45) is 7.54. The maximum absolute atomic E-state index is 12.7. The van der Waals surface area contributed by atoms with Crippen molar-refractivity contribution >= 4 is 11.8 Å². The molecule has 1 N–H and O–H groups in total. The molecule has 0 radical (unpaired) electrons. The Morgan fingerprint density at radius 2 is 2.04 bits per heavy atom. The van der Waals surface area contributed by atoms with Crippen LogP contribution in [0.5, 0.6) is 0 Å². The van der Waals surface area contributed by atoms with E-state index in [1.54, 1.807) is 18.3 Å². The molecule has 0 aromatic carbocycles. The molecule has 1 fully saturated rings. The fraction of sp³-hybridized carbons (Fsp3) is 0.476. The van der Waals surface area contributed by atoms with Crippen molar-refractivity contribution in [1.29, 1.82) is 0 Å². The maximum atomic E-state index is 12.7. The zero-order valence-electron chi connectivity index (χ0n) is 16.6. The maximum Gasteiger partial charge on any atom is 0.238 e. The Morgan fingerprint density at radius 1 is 1.21 bits per heavy atom. The van der Waals surface area contributed by atoms with E-state index in [9.17, 15) is 9.59 Å². The molecule has 0 spiro atoms. The number of fused-ring (bicyclic) bond motifs is 1. The summed E-state index contributed by atoms with van der Waals surface area (Å²) in [7, 11) is 5.08. The van der Waals surface area contributed by atoms with Crippen molar-refractivity contribution in [1.82, 2.24) is 15.2 Å². The second-order valence-corrected chi connectivity index (χ2v) is 7.24. The first-order chi connectivity index (χ1) is 13.5. The van der Waals surface area contributed by atoms with Gasteiger partial charge in [-0.2, -0.15) is 0 Å². The number of hydrogen-bond donors (Lipinski definition) is 1. The van der Waals surface area contributed by atoms with Gasteiger partial charge in [0.1, 0.15) is 5.92 Å². The number of methoxy groups -OCH3 is 2. The van der Waals surface area contributed by atoms with E-state index >= 15 is 0 Å². The van der Waals surface area contributed by atoms with Gasteiger partial charge in [-0.1, -0.05) is 12.1 Å². The van der Waals surface area contributed by atoms with Crippen molar-refractivity contribution in [2.75, 3.05) is 34.4 Å². The summed E-state index contributed by atoms with van der Waals surface area (Å²) in [5.41, 5.74) is 0.151. The molecule has 7 heteroatoms.